The van der Waals surface area contributed by atoms with Crippen LogP contribution in [0, 0.1) is 11.6 Å². The topological polar surface area (TPSA) is 85.2 Å². The summed E-state index contributed by atoms with van der Waals surface area (Å²) in [5.74, 6) is -2.84. The molecule has 16 heavy (non-hydrogen) atoms. The van der Waals surface area contributed by atoms with E-state index in [9.17, 15) is 13.9 Å². The minimum absolute atomic E-state index is 0.0231. The number of benzene rings is 1. The quantitative estimate of drug-likeness (QED) is 0.804. The van der Waals surface area contributed by atoms with Crippen molar-refractivity contribution in [3.8, 4) is 17.1 Å². The first-order chi connectivity index (χ1) is 7.63. The van der Waals surface area contributed by atoms with Crippen LogP contribution < -0.4 is 5.73 Å². The van der Waals surface area contributed by atoms with Gasteiger partial charge in [-0.25, -0.2) is 8.78 Å². The van der Waals surface area contributed by atoms with Crippen molar-refractivity contribution in [2.24, 2.45) is 5.73 Å². The summed E-state index contributed by atoms with van der Waals surface area (Å²) in [4.78, 5) is 3.69. The summed E-state index contributed by atoms with van der Waals surface area (Å²) in [5.41, 5.74) is 4.78. The number of phenols is 1. The Morgan fingerprint density at radius 3 is 2.62 bits per heavy atom. The molecule has 2 rings (SSSR count). The van der Waals surface area contributed by atoms with Crippen LogP contribution in [0.1, 0.15) is 5.89 Å². The van der Waals surface area contributed by atoms with E-state index in [2.05, 4.69) is 14.7 Å². The van der Waals surface area contributed by atoms with Gasteiger partial charge in [0.25, 0.3) is 0 Å². The molecule has 3 N–H and O–H groups in total. The molecule has 1 aromatic carbocycles. The molecule has 7 heteroatoms. The molecule has 2 aromatic rings. The number of nitrogens with two attached hydrogens (primary N) is 1. The van der Waals surface area contributed by atoms with Crippen molar-refractivity contribution >= 4 is 0 Å². The fourth-order valence-electron chi connectivity index (χ4n) is 1.19. The SMILES string of the molecule is NCc1nc(-c2c(F)ccc(F)c2O)no1. The number of hydrogen-bond acceptors (Lipinski definition) is 5. The molecule has 0 aliphatic carbocycles. The molecule has 84 valence electrons. The van der Waals surface area contributed by atoms with Crippen LogP contribution in [-0.2, 0) is 6.54 Å². The average molecular weight is 227 g/mol. The minimum Gasteiger partial charge on any atom is -0.504 e. The molecular formula is C9H7F2N3O2. The van der Waals surface area contributed by atoms with Gasteiger partial charge in [0.2, 0.25) is 11.7 Å². The lowest BCUT2D eigenvalue weighted by Crippen LogP contribution is -1.96. The maximum atomic E-state index is 13.3. The second kappa shape index (κ2) is 3.86. The number of rotatable bonds is 2. The van der Waals surface area contributed by atoms with Gasteiger partial charge in [-0.2, -0.15) is 4.98 Å². The van der Waals surface area contributed by atoms with E-state index in [0.29, 0.717) is 0 Å². The summed E-state index contributed by atoms with van der Waals surface area (Å²) in [5, 5.41) is 12.7. The molecule has 0 unspecified atom stereocenters. The third-order valence-corrected chi connectivity index (χ3v) is 1.94. The zero-order valence-corrected chi connectivity index (χ0v) is 7.94. The lowest BCUT2D eigenvalue weighted by Gasteiger charge is -2.01. The summed E-state index contributed by atoms with van der Waals surface area (Å²) in [6.07, 6.45) is 0. The Balaban J connectivity index is 2.58. The number of halogens is 2. The van der Waals surface area contributed by atoms with Crippen molar-refractivity contribution in [1.82, 2.24) is 10.1 Å². The molecule has 0 atom stereocenters. The van der Waals surface area contributed by atoms with E-state index >= 15 is 0 Å². The van der Waals surface area contributed by atoms with Crippen molar-refractivity contribution in [2.75, 3.05) is 0 Å². The van der Waals surface area contributed by atoms with Crippen molar-refractivity contribution in [1.29, 1.82) is 0 Å². The number of aromatic nitrogens is 2. The Morgan fingerprint density at radius 2 is 2.00 bits per heavy atom. The van der Waals surface area contributed by atoms with E-state index in [1.165, 1.54) is 0 Å². The lowest BCUT2D eigenvalue weighted by molar-refractivity contribution is 0.379. The van der Waals surface area contributed by atoms with Gasteiger partial charge in [-0.05, 0) is 12.1 Å². The van der Waals surface area contributed by atoms with Gasteiger partial charge in [0, 0.05) is 0 Å². The van der Waals surface area contributed by atoms with Crippen LogP contribution >= 0.6 is 0 Å². The summed E-state index contributed by atoms with van der Waals surface area (Å²) in [6.45, 7) is -0.0231. The highest BCUT2D eigenvalue weighted by molar-refractivity contribution is 5.64. The van der Waals surface area contributed by atoms with Crippen molar-refractivity contribution < 1.29 is 18.4 Å². The van der Waals surface area contributed by atoms with Crippen LogP contribution in [0.15, 0.2) is 16.7 Å². The van der Waals surface area contributed by atoms with Crippen LogP contribution in [0.2, 0.25) is 0 Å². The molecule has 0 radical (unpaired) electrons. The van der Waals surface area contributed by atoms with E-state index in [4.69, 9.17) is 5.73 Å². The third-order valence-electron chi connectivity index (χ3n) is 1.94. The predicted molar refractivity (Wildman–Crippen MR) is 49.2 cm³/mol. The van der Waals surface area contributed by atoms with Gasteiger partial charge < -0.3 is 15.4 Å². The lowest BCUT2D eigenvalue weighted by atomic mass is 10.1. The average Bonchev–Trinajstić information content (AvgIpc) is 2.73. The minimum atomic E-state index is -0.963. The molecule has 1 heterocycles. The fourth-order valence-corrected chi connectivity index (χ4v) is 1.19. The Labute approximate surface area is 88.5 Å². The largest absolute Gasteiger partial charge is 0.504 e. The first kappa shape index (κ1) is 10.5. The number of nitrogens with zero attached hydrogens (tertiary/aromatic N) is 2. The Morgan fingerprint density at radius 1 is 1.31 bits per heavy atom. The normalized spacial score (nSPS) is 10.7. The molecule has 0 aliphatic heterocycles. The molecule has 0 spiro atoms. The van der Waals surface area contributed by atoms with Crippen LogP contribution in [0.4, 0.5) is 8.78 Å². The van der Waals surface area contributed by atoms with Crippen molar-refractivity contribution in [3.05, 3.63) is 29.7 Å². The number of phenolic OH excluding ortho intramolecular Hbond substituents is 1. The van der Waals surface area contributed by atoms with E-state index in [0.717, 1.165) is 12.1 Å². The highest BCUT2D eigenvalue weighted by Crippen LogP contribution is 2.31. The second-order valence-corrected chi connectivity index (χ2v) is 2.97. The van der Waals surface area contributed by atoms with Crippen LogP contribution in [-0.4, -0.2) is 15.2 Å². The van der Waals surface area contributed by atoms with Crippen molar-refractivity contribution in [2.45, 2.75) is 6.54 Å². The molecular weight excluding hydrogens is 220 g/mol. The Kier molecular flexibility index (Phi) is 2.53. The van der Waals surface area contributed by atoms with Gasteiger partial charge in [0.05, 0.1) is 6.54 Å². The number of aromatic hydroxyl groups is 1. The van der Waals surface area contributed by atoms with E-state index < -0.39 is 22.9 Å². The van der Waals surface area contributed by atoms with Crippen molar-refractivity contribution in [3.63, 3.8) is 0 Å². The summed E-state index contributed by atoms with van der Waals surface area (Å²) in [6, 6.07) is 1.67. The van der Waals surface area contributed by atoms with E-state index in [1.54, 1.807) is 0 Å². The summed E-state index contributed by atoms with van der Waals surface area (Å²) in [7, 11) is 0. The summed E-state index contributed by atoms with van der Waals surface area (Å²) >= 11 is 0. The molecule has 1 aromatic heterocycles. The maximum absolute atomic E-state index is 13.3. The van der Waals surface area contributed by atoms with Gasteiger partial charge in [0.1, 0.15) is 11.4 Å². The monoisotopic (exact) mass is 227 g/mol. The van der Waals surface area contributed by atoms with Gasteiger partial charge in [0.15, 0.2) is 11.6 Å². The number of hydrogen-bond donors (Lipinski definition) is 2. The molecule has 0 bridgehead atoms. The maximum Gasteiger partial charge on any atom is 0.240 e. The smallest absolute Gasteiger partial charge is 0.240 e. The second-order valence-electron chi connectivity index (χ2n) is 2.97. The van der Waals surface area contributed by atoms with Crippen LogP contribution in [0.3, 0.4) is 0 Å². The highest BCUT2D eigenvalue weighted by atomic mass is 19.1. The van der Waals surface area contributed by atoms with E-state index in [1.807, 2.05) is 0 Å². The molecule has 0 aliphatic rings. The Bertz CT molecular complexity index is 527. The van der Waals surface area contributed by atoms with Gasteiger partial charge >= 0.3 is 0 Å². The standard InChI is InChI=1S/C9H7F2N3O2/c10-4-1-2-5(11)8(15)7(4)9-13-6(3-12)16-14-9/h1-2,15H,3,12H2. The molecule has 5 nitrogen and oxygen atoms in total. The summed E-state index contributed by atoms with van der Waals surface area (Å²) < 4.78 is 31.0. The third kappa shape index (κ3) is 1.61. The highest BCUT2D eigenvalue weighted by Gasteiger charge is 2.19. The van der Waals surface area contributed by atoms with Gasteiger partial charge in [-0.3, -0.25) is 0 Å². The van der Waals surface area contributed by atoms with Gasteiger partial charge in [-0.15, -0.1) is 0 Å². The zero-order valence-electron chi connectivity index (χ0n) is 7.94. The molecule has 0 saturated heterocycles. The van der Waals surface area contributed by atoms with E-state index in [-0.39, 0.29) is 18.3 Å². The zero-order chi connectivity index (χ0) is 11.7. The predicted octanol–water partition coefficient (Wildman–Crippen LogP) is 1.18. The fraction of sp³-hybridized carbons (Fsp3) is 0.111. The molecule has 0 fully saturated rings. The Hall–Kier alpha value is -2.02. The first-order valence-corrected chi connectivity index (χ1v) is 4.33. The molecule has 0 amide bonds. The van der Waals surface area contributed by atoms with Gasteiger partial charge in [-0.1, -0.05) is 5.16 Å². The first-order valence-electron chi connectivity index (χ1n) is 4.33. The van der Waals surface area contributed by atoms with Crippen LogP contribution in [0.25, 0.3) is 11.4 Å². The molecule has 0 saturated carbocycles. The van der Waals surface area contributed by atoms with Crippen LogP contribution in [0.5, 0.6) is 5.75 Å².